The van der Waals surface area contributed by atoms with Crippen molar-refractivity contribution in [3.63, 3.8) is 0 Å². The van der Waals surface area contributed by atoms with E-state index in [4.69, 9.17) is 5.11 Å². The average molecular weight is 198 g/mol. The van der Waals surface area contributed by atoms with E-state index in [0.29, 0.717) is 6.04 Å². The van der Waals surface area contributed by atoms with Gasteiger partial charge in [-0.3, -0.25) is 4.79 Å². The summed E-state index contributed by atoms with van der Waals surface area (Å²) in [5.41, 5.74) is 0. The van der Waals surface area contributed by atoms with Gasteiger partial charge < -0.3 is 15.7 Å². The number of nitrogens with one attached hydrogen (secondary N) is 2. The lowest BCUT2D eigenvalue weighted by molar-refractivity contribution is -0.142. The molecule has 80 valence electrons. The zero-order valence-corrected chi connectivity index (χ0v) is 8.33. The highest BCUT2D eigenvalue weighted by molar-refractivity contribution is 5.71. The van der Waals surface area contributed by atoms with E-state index in [1.165, 1.54) is 12.8 Å². The first kappa shape index (κ1) is 9.93. The summed E-state index contributed by atoms with van der Waals surface area (Å²) >= 11 is 0. The molecule has 0 aromatic carbocycles. The van der Waals surface area contributed by atoms with Gasteiger partial charge in [-0.25, -0.2) is 0 Å². The quantitative estimate of drug-likeness (QED) is 0.606. The van der Waals surface area contributed by atoms with Crippen molar-refractivity contribution in [2.75, 3.05) is 13.1 Å². The van der Waals surface area contributed by atoms with Gasteiger partial charge in [0.15, 0.2) is 0 Å². The zero-order valence-electron chi connectivity index (χ0n) is 8.33. The molecule has 1 aliphatic heterocycles. The molecule has 0 aromatic rings. The number of carbonyl (C=O) groups is 1. The third kappa shape index (κ3) is 2.45. The van der Waals surface area contributed by atoms with Gasteiger partial charge >= 0.3 is 5.97 Å². The molecule has 0 radical (unpaired) electrons. The van der Waals surface area contributed by atoms with E-state index in [2.05, 4.69) is 10.6 Å². The van der Waals surface area contributed by atoms with E-state index in [-0.39, 0.29) is 12.0 Å². The fourth-order valence-corrected chi connectivity index (χ4v) is 2.09. The summed E-state index contributed by atoms with van der Waals surface area (Å²) < 4.78 is 0. The molecular weight excluding hydrogens is 180 g/mol. The highest BCUT2D eigenvalue weighted by atomic mass is 16.4. The predicted molar refractivity (Wildman–Crippen MR) is 53.2 cm³/mol. The monoisotopic (exact) mass is 198 g/mol. The van der Waals surface area contributed by atoms with Gasteiger partial charge in [0, 0.05) is 12.1 Å². The molecule has 1 aliphatic carbocycles. The molecule has 2 rings (SSSR count). The summed E-state index contributed by atoms with van der Waals surface area (Å²) in [5, 5.41) is 15.8. The predicted octanol–water partition coefficient (Wildman–Crippen LogP) is 0.191. The molecule has 1 saturated carbocycles. The molecule has 0 aromatic heterocycles. The molecule has 0 spiro atoms. The lowest BCUT2D eigenvalue weighted by Gasteiger charge is -2.22. The topological polar surface area (TPSA) is 61.4 Å². The van der Waals surface area contributed by atoms with Gasteiger partial charge in [0.1, 0.15) is 0 Å². The first-order chi connectivity index (χ1) is 6.77. The summed E-state index contributed by atoms with van der Waals surface area (Å²) in [6, 6.07) is 0.773. The number of rotatable bonds is 3. The van der Waals surface area contributed by atoms with Crippen molar-refractivity contribution >= 4 is 5.97 Å². The Morgan fingerprint density at radius 1 is 1.21 bits per heavy atom. The molecular formula is C10H18N2O2. The summed E-state index contributed by atoms with van der Waals surface area (Å²) in [6.07, 6.45) is 4.12. The van der Waals surface area contributed by atoms with Gasteiger partial charge in [0.25, 0.3) is 0 Å². The Hall–Kier alpha value is -0.610. The Morgan fingerprint density at radius 2 is 1.93 bits per heavy atom. The maximum atomic E-state index is 11.1. The molecule has 4 heteroatoms. The molecule has 3 N–H and O–H groups in total. The van der Waals surface area contributed by atoms with E-state index in [0.717, 1.165) is 25.9 Å². The highest BCUT2D eigenvalue weighted by Gasteiger charge is 2.33. The third-order valence-electron chi connectivity index (χ3n) is 3.09. The second-order valence-electron chi connectivity index (χ2n) is 4.32. The van der Waals surface area contributed by atoms with Crippen LogP contribution in [0.25, 0.3) is 0 Å². The molecule has 14 heavy (non-hydrogen) atoms. The number of hydrogen-bond acceptors (Lipinski definition) is 3. The molecule has 2 unspecified atom stereocenters. The minimum Gasteiger partial charge on any atom is -0.481 e. The average Bonchev–Trinajstić information content (AvgIpc) is 2.92. The maximum Gasteiger partial charge on any atom is 0.308 e. The minimum absolute atomic E-state index is 0.176. The number of carboxylic acids is 1. The highest BCUT2D eigenvalue weighted by Crippen LogP contribution is 2.24. The standard InChI is InChI=1S/C10H18N2O2/c13-10(14)8-3-5-11-6-4-9(8)12-7-1-2-7/h7-9,11-12H,1-6H2,(H,13,14). The van der Waals surface area contributed by atoms with Crippen LogP contribution in [0.4, 0.5) is 0 Å². The lowest BCUT2D eigenvalue weighted by Crippen LogP contribution is -2.41. The van der Waals surface area contributed by atoms with Crippen molar-refractivity contribution in [3.05, 3.63) is 0 Å². The summed E-state index contributed by atoms with van der Waals surface area (Å²) in [4.78, 5) is 11.1. The van der Waals surface area contributed by atoms with Crippen LogP contribution in [0.2, 0.25) is 0 Å². The van der Waals surface area contributed by atoms with E-state index < -0.39 is 5.97 Å². The van der Waals surface area contributed by atoms with E-state index in [9.17, 15) is 4.79 Å². The molecule has 1 saturated heterocycles. The molecule has 2 fully saturated rings. The van der Waals surface area contributed by atoms with Crippen molar-refractivity contribution in [3.8, 4) is 0 Å². The molecule has 0 bridgehead atoms. The first-order valence-corrected chi connectivity index (χ1v) is 5.47. The van der Waals surface area contributed by atoms with Gasteiger partial charge in [-0.15, -0.1) is 0 Å². The van der Waals surface area contributed by atoms with Gasteiger partial charge in [0.2, 0.25) is 0 Å². The maximum absolute atomic E-state index is 11.1. The van der Waals surface area contributed by atoms with Crippen molar-refractivity contribution in [2.45, 2.75) is 37.8 Å². The molecule has 2 atom stereocenters. The van der Waals surface area contributed by atoms with Crippen molar-refractivity contribution in [1.82, 2.24) is 10.6 Å². The molecule has 0 amide bonds. The third-order valence-corrected chi connectivity index (χ3v) is 3.09. The van der Waals surface area contributed by atoms with Crippen LogP contribution in [-0.4, -0.2) is 36.2 Å². The Balaban J connectivity index is 1.94. The number of hydrogen-bond donors (Lipinski definition) is 3. The van der Waals surface area contributed by atoms with Crippen LogP contribution in [0.15, 0.2) is 0 Å². The van der Waals surface area contributed by atoms with E-state index >= 15 is 0 Å². The van der Waals surface area contributed by atoms with Crippen LogP contribution in [0.1, 0.15) is 25.7 Å². The van der Waals surface area contributed by atoms with Crippen molar-refractivity contribution in [2.24, 2.45) is 5.92 Å². The fraction of sp³-hybridized carbons (Fsp3) is 0.900. The van der Waals surface area contributed by atoms with Crippen LogP contribution in [0, 0.1) is 5.92 Å². The van der Waals surface area contributed by atoms with Crippen molar-refractivity contribution < 1.29 is 9.90 Å². The smallest absolute Gasteiger partial charge is 0.308 e. The Kier molecular flexibility index (Phi) is 3.03. The fourth-order valence-electron chi connectivity index (χ4n) is 2.09. The second-order valence-corrected chi connectivity index (χ2v) is 4.32. The van der Waals surface area contributed by atoms with Crippen LogP contribution < -0.4 is 10.6 Å². The van der Waals surface area contributed by atoms with Gasteiger partial charge in [-0.1, -0.05) is 0 Å². The Morgan fingerprint density at radius 3 is 2.57 bits per heavy atom. The number of carboxylic acid groups (broad SMARTS) is 1. The second kappa shape index (κ2) is 4.28. The van der Waals surface area contributed by atoms with E-state index in [1.54, 1.807) is 0 Å². The molecule has 4 nitrogen and oxygen atoms in total. The summed E-state index contributed by atoms with van der Waals surface area (Å²) in [5.74, 6) is -0.850. The lowest BCUT2D eigenvalue weighted by atomic mass is 9.95. The van der Waals surface area contributed by atoms with Crippen LogP contribution in [0.3, 0.4) is 0 Å². The number of aliphatic carboxylic acids is 1. The van der Waals surface area contributed by atoms with Crippen LogP contribution in [0.5, 0.6) is 0 Å². The first-order valence-electron chi connectivity index (χ1n) is 5.47. The summed E-state index contributed by atoms with van der Waals surface area (Å²) in [6.45, 7) is 1.77. The van der Waals surface area contributed by atoms with Gasteiger partial charge in [0.05, 0.1) is 5.92 Å². The van der Waals surface area contributed by atoms with Crippen molar-refractivity contribution in [1.29, 1.82) is 0 Å². The molecule has 1 heterocycles. The normalized spacial score (nSPS) is 33.7. The SMILES string of the molecule is O=C(O)C1CCNCCC1NC1CC1. The van der Waals surface area contributed by atoms with E-state index in [1.807, 2.05) is 0 Å². The summed E-state index contributed by atoms with van der Waals surface area (Å²) in [7, 11) is 0. The van der Waals surface area contributed by atoms with Gasteiger partial charge in [-0.05, 0) is 38.8 Å². The molecule has 2 aliphatic rings. The van der Waals surface area contributed by atoms with Gasteiger partial charge in [-0.2, -0.15) is 0 Å². The Labute approximate surface area is 84.1 Å². The largest absolute Gasteiger partial charge is 0.481 e. The Bertz CT molecular complexity index is 216. The minimum atomic E-state index is -0.646. The zero-order chi connectivity index (χ0) is 9.97. The van der Waals surface area contributed by atoms with Crippen LogP contribution in [-0.2, 0) is 4.79 Å². The van der Waals surface area contributed by atoms with Crippen LogP contribution >= 0.6 is 0 Å².